The van der Waals surface area contributed by atoms with E-state index in [1.54, 1.807) is 12.1 Å². The number of hydrogen-bond acceptors (Lipinski definition) is 4. The Hall–Kier alpha value is -2.75. The van der Waals surface area contributed by atoms with Gasteiger partial charge in [-0.25, -0.2) is 0 Å². The fourth-order valence-corrected chi connectivity index (χ4v) is 2.39. The lowest BCUT2D eigenvalue weighted by Gasteiger charge is -2.17. The number of ketones is 1. The number of aromatic hydroxyl groups is 3. The van der Waals surface area contributed by atoms with Gasteiger partial charge in [-0.1, -0.05) is 50.8 Å². The quantitative estimate of drug-likeness (QED) is 0.732. The van der Waals surface area contributed by atoms with Crippen LogP contribution in [0.3, 0.4) is 0 Å². The van der Waals surface area contributed by atoms with Crippen LogP contribution in [0.15, 0.2) is 43.0 Å². The van der Waals surface area contributed by atoms with Crippen molar-refractivity contribution in [1.29, 1.82) is 0 Å². The second-order valence-electron chi connectivity index (χ2n) is 5.78. The number of rotatable bonds is 5. The largest absolute Gasteiger partial charge is 0.507 e. The van der Waals surface area contributed by atoms with E-state index >= 15 is 0 Å². The van der Waals surface area contributed by atoms with Crippen molar-refractivity contribution < 1.29 is 20.1 Å². The Morgan fingerprint density at radius 2 is 1.61 bits per heavy atom. The van der Waals surface area contributed by atoms with Crippen LogP contribution in [-0.4, -0.2) is 21.1 Å². The number of carbonyl (C=O) groups excluding carboxylic acids is 1. The summed E-state index contributed by atoms with van der Waals surface area (Å²) in [4.78, 5) is 12.5. The van der Waals surface area contributed by atoms with E-state index < -0.39 is 17.3 Å². The number of allylic oxidation sites excluding steroid dienone is 1. The van der Waals surface area contributed by atoms with E-state index in [0.717, 1.165) is 11.6 Å². The first-order valence-corrected chi connectivity index (χ1v) is 7.37. The molecule has 0 bridgehead atoms. The minimum absolute atomic E-state index is 0.0339. The van der Waals surface area contributed by atoms with Crippen LogP contribution in [0.2, 0.25) is 0 Å². The van der Waals surface area contributed by atoms with Crippen LogP contribution in [-0.2, 0) is 6.42 Å². The van der Waals surface area contributed by atoms with Crippen molar-refractivity contribution in [3.05, 3.63) is 59.7 Å². The molecule has 0 amide bonds. The molecule has 2 rings (SSSR count). The van der Waals surface area contributed by atoms with Crippen LogP contribution < -0.4 is 0 Å². The first-order valence-electron chi connectivity index (χ1n) is 7.37. The summed E-state index contributed by atoms with van der Waals surface area (Å²) in [6.07, 6.45) is 0.0420. The zero-order chi connectivity index (χ0) is 17.1. The van der Waals surface area contributed by atoms with Gasteiger partial charge in [0.2, 0.25) is 0 Å². The highest BCUT2D eigenvalue weighted by Gasteiger charge is 2.24. The van der Waals surface area contributed by atoms with E-state index in [0.29, 0.717) is 5.57 Å². The Morgan fingerprint density at radius 1 is 1.04 bits per heavy atom. The molecule has 0 radical (unpaired) electrons. The van der Waals surface area contributed by atoms with E-state index in [-0.39, 0.29) is 29.2 Å². The molecule has 0 unspecified atom stereocenters. The molecule has 3 N–H and O–H groups in total. The molecule has 0 saturated heterocycles. The van der Waals surface area contributed by atoms with Crippen molar-refractivity contribution in [3.8, 4) is 17.2 Å². The maximum Gasteiger partial charge on any atom is 0.174 e. The maximum atomic E-state index is 12.5. The third-order valence-corrected chi connectivity index (χ3v) is 3.76. The second-order valence-corrected chi connectivity index (χ2v) is 5.78. The molecule has 0 fully saturated rings. The summed E-state index contributed by atoms with van der Waals surface area (Å²) in [5, 5.41) is 30.4. The van der Waals surface area contributed by atoms with Crippen LogP contribution in [0.1, 0.15) is 35.3 Å². The Balaban J connectivity index is 2.48. The molecule has 4 heteroatoms. The zero-order valence-electron chi connectivity index (χ0n) is 13.2. The highest BCUT2D eigenvalue weighted by Crippen LogP contribution is 2.43. The summed E-state index contributed by atoms with van der Waals surface area (Å²) in [6, 6.07) is 10.1. The van der Waals surface area contributed by atoms with Gasteiger partial charge in [-0.3, -0.25) is 4.79 Å². The standard InChI is InChI=1S/C19H20O4/c1-11(2)12(3)17-15(21)10-16(22)18(19(17)23)14(20)9-13-7-5-4-6-8-13/h4-8,10-11,21-23H,3,9H2,1-2H3. The molecule has 0 aliphatic carbocycles. The second kappa shape index (κ2) is 6.57. The van der Waals surface area contributed by atoms with Crippen molar-refractivity contribution in [2.75, 3.05) is 0 Å². The van der Waals surface area contributed by atoms with E-state index in [9.17, 15) is 20.1 Å². The summed E-state index contributed by atoms with van der Waals surface area (Å²) < 4.78 is 0. The lowest BCUT2D eigenvalue weighted by Crippen LogP contribution is -2.06. The normalized spacial score (nSPS) is 10.7. The van der Waals surface area contributed by atoms with E-state index in [1.807, 2.05) is 32.0 Å². The number of phenolic OH excluding ortho intramolecular Hbond substituents is 3. The average molecular weight is 312 g/mol. The molecule has 120 valence electrons. The third-order valence-electron chi connectivity index (χ3n) is 3.76. The molecule has 0 atom stereocenters. The van der Waals surface area contributed by atoms with Crippen molar-refractivity contribution in [2.45, 2.75) is 20.3 Å². The van der Waals surface area contributed by atoms with Crippen LogP contribution in [0, 0.1) is 5.92 Å². The van der Waals surface area contributed by atoms with Gasteiger partial charge >= 0.3 is 0 Å². The molecule has 23 heavy (non-hydrogen) atoms. The van der Waals surface area contributed by atoms with Crippen LogP contribution in [0.5, 0.6) is 17.2 Å². The van der Waals surface area contributed by atoms with Gasteiger partial charge in [0.25, 0.3) is 0 Å². The maximum absolute atomic E-state index is 12.5. The van der Waals surface area contributed by atoms with Gasteiger partial charge < -0.3 is 15.3 Å². The minimum Gasteiger partial charge on any atom is -0.507 e. The highest BCUT2D eigenvalue weighted by molar-refractivity contribution is 6.04. The third kappa shape index (κ3) is 3.37. The fraction of sp³-hybridized carbons (Fsp3) is 0.211. The Bertz CT molecular complexity index is 746. The lowest BCUT2D eigenvalue weighted by atomic mass is 9.91. The van der Waals surface area contributed by atoms with Gasteiger partial charge in [-0.2, -0.15) is 0 Å². The van der Waals surface area contributed by atoms with Crippen molar-refractivity contribution >= 4 is 11.4 Å². The molecule has 0 aromatic heterocycles. The molecule has 0 spiro atoms. The summed E-state index contributed by atoms with van der Waals surface area (Å²) in [7, 11) is 0. The van der Waals surface area contributed by atoms with E-state index in [4.69, 9.17) is 0 Å². The van der Waals surface area contributed by atoms with E-state index in [1.165, 1.54) is 0 Å². The lowest BCUT2D eigenvalue weighted by molar-refractivity contribution is 0.0987. The smallest absolute Gasteiger partial charge is 0.174 e. The molecule has 0 saturated carbocycles. The first-order chi connectivity index (χ1) is 10.8. The molecular formula is C19H20O4. The van der Waals surface area contributed by atoms with E-state index in [2.05, 4.69) is 6.58 Å². The number of hydrogen-bond donors (Lipinski definition) is 3. The summed E-state index contributed by atoms with van der Waals surface area (Å²) in [5.41, 5.74) is 1.18. The van der Waals surface area contributed by atoms with Gasteiger partial charge in [-0.15, -0.1) is 0 Å². The zero-order valence-corrected chi connectivity index (χ0v) is 13.2. The SMILES string of the molecule is C=C(c1c(O)cc(O)c(C(=O)Cc2ccccc2)c1O)C(C)C. The molecule has 0 aliphatic heterocycles. The Labute approximate surface area is 135 Å². The number of phenols is 3. The average Bonchev–Trinajstić information content (AvgIpc) is 2.47. The number of Topliss-reactive ketones (excluding diaryl/α,β-unsaturated/α-hetero) is 1. The summed E-state index contributed by atoms with van der Waals surface area (Å²) in [6.45, 7) is 7.57. The molecule has 2 aromatic rings. The van der Waals surface area contributed by atoms with Gasteiger partial charge in [-0.05, 0) is 17.1 Å². The van der Waals surface area contributed by atoms with Crippen molar-refractivity contribution in [1.82, 2.24) is 0 Å². The molecule has 4 nitrogen and oxygen atoms in total. The Morgan fingerprint density at radius 3 is 2.17 bits per heavy atom. The Kier molecular flexibility index (Phi) is 4.74. The molecule has 0 heterocycles. The molecule has 2 aromatic carbocycles. The van der Waals surface area contributed by atoms with Gasteiger partial charge in [0.15, 0.2) is 5.78 Å². The predicted molar refractivity (Wildman–Crippen MR) is 89.8 cm³/mol. The monoisotopic (exact) mass is 312 g/mol. The first kappa shape index (κ1) is 16.6. The molecule has 0 aliphatic rings. The fourth-order valence-electron chi connectivity index (χ4n) is 2.39. The van der Waals surface area contributed by atoms with Gasteiger partial charge in [0.1, 0.15) is 22.8 Å². The van der Waals surface area contributed by atoms with Crippen molar-refractivity contribution in [3.63, 3.8) is 0 Å². The topological polar surface area (TPSA) is 77.8 Å². The molecular weight excluding hydrogens is 292 g/mol. The summed E-state index contributed by atoms with van der Waals surface area (Å²) >= 11 is 0. The van der Waals surface area contributed by atoms with Crippen LogP contribution in [0.4, 0.5) is 0 Å². The van der Waals surface area contributed by atoms with Crippen molar-refractivity contribution in [2.24, 2.45) is 5.92 Å². The van der Waals surface area contributed by atoms with Gasteiger partial charge in [0.05, 0.1) is 5.56 Å². The van der Waals surface area contributed by atoms with Gasteiger partial charge in [0, 0.05) is 12.5 Å². The highest BCUT2D eigenvalue weighted by atomic mass is 16.3. The van der Waals surface area contributed by atoms with Crippen LogP contribution >= 0.6 is 0 Å². The minimum atomic E-state index is -0.443. The predicted octanol–water partition coefficient (Wildman–Crippen LogP) is 3.90. The number of carbonyl (C=O) groups is 1. The summed E-state index contributed by atoms with van der Waals surface area (Å²) in [5.74, 6) is -1.63. The van der Waals surface area contributed by atoms with Crippen LogP contribution in [0.25, 0.3) is 5.57 Å². The number of benzene rings is 2.